The summed E-state index contributed by atoms with van der Waals surface area (Å²) in [5.41, 5.74) is 0. The SMILES string of the molecule is CNc1ccc(S(=O)(=O)Nc2cnccn2)cn1. The van der Waals surface area contributed by atoms with Crippen LogP contribution in [0.3, 0.4) is 0 Å². The van der Waals surface area contributed by atoms with Crippen LogP contribution >= 0.6 is 0 Å². The summed E-state index contributed by atoms with van der Waals surface area (Å²) in [6.45, 7) is 0. The lowest BCUT2D eigenvalue weighted by atomic mass is 10.5. The maximum Gasteiger partial charge on any atom is 0.264 e. The summed E-state index contributed by atoms with van der Waals surface area (Å²) in [4.78, 5) is 11.6. The molecule has 0 aromatic carbocycles. The molecule has 0 aliphatic carbocycles. The van der Waals surface area contributed by atoms with Crippen molar-refractivity contribution in [2.75, 3.05) is 17.1 Å². The van der Waals surface area contributed by atoms with Crippen molar-refractivity contribution in [3.05, 3.63) is 36.9 Å². The van der Waals surface area contributed by atoms with Crippen molar-refractivity contribution >= 4 is 21.7 Å². The number of hydrogen-bond acceptors (Lipinski definition) is 6. The second-order valence-electron chi connectivity index (χ2n) is 3.33. The smallest absolute Gasteiger partial charge is 0.264 e. The van der Waals surface area contributed by atoms with Gasteiger partial charge in [0.1, 0.15) is 10.7 Å². The van der Waals surface area contributed by atoms with Gasteiger partial charge in [0.25, 0.3) is 10.0 Å². The molecule has 8 heteroatoms. The predicted molar refractivity (Wildman–Crippen MR) is 66.6 cm³/mol. The van der Waals surface area contributed by atoms with Crippen LogP contribution in [0.1, 0.15) is 0 Å². The van der Waals surface area contributed by atoms with E-state index in [-0.39, 0.29) is 10.7 Å². The van der Waals surface area contributed by atoms with Crippen molar-refractivity contribution in [1.29, 1.82) is 0 Å². The minimum atomic E-state index is -3.68. The summed E-state index contributed by atoms with van der Waals surface area (Å²) >= 11 is 0. The third kappa shape index (κ3) is 2.72. The first-order valence-electron chi connectivity index (χ1n) is 5.04. The molecule has 0 spiro atoms. The van der Waals surface area contributed by atoms with Gasteiger partial charge in [-0.25, -0.2) is 18.4 Å². The van der Waals surface area contributed by atoms with E-state index >= 15 is 0 Å². The Hall–Kier alpha value is -2.22. The van der Waals surface area contributed by atoms with Gasteiger partial charge in [0.05, 0.1) is 6.20 Å². The number of sulfonamides is 1. The average Bonchev–Trinajstić information content (AvgIpc) is 2.39. The minimum absolute atomic E-state index is 0.0622. The number of rotatable bonds is 4. The van der Waals surface area contributed by atoms with E-state index in [1.165, 1.54) is 30.9 Å². The van der Waals surface area contributed by atoms with Gasteiger partial charge in [-0.05, 0) is 12.1 Å². The summed E-state index contributed by atoms with van der Waals surface area (Å²) in [6, 6.07) is 3.03. The van der Waals surface area contributed by atoms with Gasteiger partial charge in [0.2, 0.25) is 0 Å². The van der Waals surface area contributed by atoms with Gasteiger partial charge < -0.3 is 5.32 Å². The van der Waals surface area contributed by atoms with Crippen LogP contribution in [0, 0.1) is 0 Å². The molecule has 0 unspecified atom stereocenters. The lowest BCUT2D eigenvalue weighted by Gasteiger charge is -2.06. The number of anilines is 2. The molecule has 0 saturated carbocycles. The largest absolute Gasteiger partial charge is 0.373 e. The van der Waals surface area contributed by atoms with Crippen molar-refractivity contribution < 1.29 is 8.42 Å². The molecule has 0 saturated heterocycles. The van der Waals surface area contributed by atoms with Crippen LogP contribution in [0.15, 0.2) is 41.8 Å². The van der Waals surface area contributed by atoms with Crippen LogP contribution in [0.5, 0.6) is 0 Å². The number of nitrogens with one attached hydrogen (secondary N) is 2. The predicted octanol–water partition coefficient (Wildman–Crippen LogP) is 0.714. The maximum atomic E-state index is 12.0. The summed E-state index contributed by atoms with van der Waals surface area (Å²) in [7, 11) is -1.98. The van der Waals surface area contributed by atoms with E-state index in [9.17, 15) is 8.42 Å². The highest BCUT2D eigenvalue weighted by molar-refractivity contribution is 7.92. The van der Waals surface area contributed by atoms with Gasteiger partial charge in [0, 0.05) is 25.6 Å². The van der Waals surface area contributed by atoms with E-state index in [1.807, 2.05) is 0 Å². The monoisotopic (exact) mass is 265 g/mol. The van der Waals surface area contributed by atoms with Gasteiger partial charge in [0.15, 0.2) is 5.82 Å². The molecule has 0 atom stereocenters. The van der Waals surface area contributed by atoms with E-state index in [4.69, 9.17) is 0 Å². The first-order valence-corrected chi connectivity index (χ1v) is 6.53. The van der Waals surface area contributed by atoms with Crippen molar-refractivity contribution in [2.45, 2.75) is 4.90 Å². The first kappa shape index (κ1) is 12.2. The summed E-state index contributed by atoms with van der Waals surface area (Å²) in [5.74, 6) is 0.753. The van der Waals surface area contributed by atoms with Crippen LogP contribution in [0.25, 0.3) is 0 Å². The highest BCUT2D eigenvalue weighted by Crippen LogP contribution is 2.13. The number of nitrogens with zero attached hydrogens (tertiary/aromatic N) is 3. The van der Waals surface area contributed by atoms with E-state index in [2.05, 4.69) is 25.0 Å². The summed E-state index contributed by atoms with van der Waals surface area (Å²) in [5, 5.41) is 2.81. The fourth-order valence-corrected chi connectivity index (χ4v) is 2.17. The molecule has 18 heavy (non-hydrogen) atoms. The Kier molecular flexibility index (Phi) is 3.38. The molecule has 2 aromatic rings. The molecule has 0 bridgehead atoms. The van der Waals surface area contributed by atoms with E-state index in [0.29, 0.717) is 5.82 Å². The van der Waals surface area contributed by atoms with Crippen LogP contribution in [-0.4, -0.2) is 30.4 Å². The molecule has 2 heterocycles. The molecule has 2 N–H and O–H groups in total. The van der Waals surface area contributed by atoms with Gasteiger partial charge in [-0.3, -0.25) is 9.71 Å². The van der Waals surface area contributed by atoms with Crippen molar-refractivity contribution in [3.63, 3.8) is 0 Å². The Morgan fingerprint density at radius 1 is 1.06 bits per heavy atom. The zero-order chi connectivity index (χ0) is 13.0. The fourth-order valence-electron chi connectivity index (χ4n) is 1.24. The zero-order valence-electron chi connectivity index (χ0n) is 9.53. The number of aromatic nitrogens is 3. The van der Waals surface area contributed by atoms with E-state index in [1.54, 1.807) is 13.1 Å². The highest BCUT2D eigenvalue weighted by atomic mass is 32.2. The molecule has 2 aromatic heterocycles. The zero-order valence-corrected chi connectivity index (χ0v) is 10.3. The molecule has 7 nitrogen and oxygen atoms in total. The molecule has 0 aliphatic heterocycles. The highest BCUT2D eigenvalue weighted by Gasteiger charge is 2.15. The van der Waals surface area contributed by atoms with Crippen LogP contribution in [-0.2, 0) is 10.0 Å². The second-order valence-corrected chi connectivity index (χ2v) is 5.01. The number of hydrogen-bond donors (Lipinski definition) is 2. The minimum Gasteiger partial charge on any atom is -0.373 e. The summed E-state index contributed by atoms with van der Waals surface area (Å²) < 4.78 is 26.2. The fraction of sp³-hybridized carbons (Fsp3) is 0.100. The van der Waals surface area contributed by atoms with Crippen molar-refractivity contribution in [3.8, 4) is 0 Å². The van der Waals surface area contributed by atoms with Crippen molar-refractivity contribution in [1.82, 2.24) is 15.0 Å². The van der Waals surface area contributed by atoms with Gasteiger partial charge >= 0.3 is 0 Å². The topological polar surface area (TPSA) is 96.9 Å². The molecule has 0 aliphatic rings. The molecule has 0 radical (unpaired) electrons. The third-order valence-electron chi connectivity index (χ3n) is 2.10. The maximum absolute atomic E-state index is 12.0. The average molecular weight is 265 g/mol. The van der Waals surface area contributed by atoms with Gasteiger partial charge in [-0.1, -0.05) is 0 Å². The molecular formula is C10H11N5O2S. The molecule has 2 rings (SSSR count). The lowest BCUT2D eigenvalue weighted by Crippen LogP contribution is -2.14. The van der Waals surface area contributed by atoms with E-state index in [0.717, 1.165) is 0 Å². The molecule has 0 fully saturated rings. The van der Waals surface area contributed by atoms with Gasteiger partial charge in [-0.2, -0.15) is 0 Å². The first-order chi connectivity index (χ1) is 8.62. The van der Waals surface area contributed by atoms with Crippen molar-refractivity contribution in [2.24, 2.45) is 0 Å². The Balaban J connectivity index is 2.25. The Labute approximate surface area is 104 Å². The normalized spacial score (nSPS) is 10.9. The van der Waals surface area contributed by atoms with Gasteiger partial charge in [-0.15, -0.1) is 0 Å². The standard InChI is InChI=1S/C10H11N5O2S/c1-11-9-3-2-8(6-14-9)18(16,17)15-10-7-12-4-5-13-10/h2-7H,1H3,(H,11,14)(H,13,15). The molecule has 94 valence electrons. The third-order valence-corrected chi connectivity index (χ3v) is 3.44. The molecule has 0 amide bonds. The lowest BCUT2D eigenvalue weighted by molar-refractivity contribution is 0.600. The van der Waals surface area contributed by atoms with Crippen LogP contribution in [0.2, 0.25) is 0 Å². The Bertz CT molecular complexity index is 612. The number of pyridine rings is 1. The Morgan fingerprint density at radius 2 is 1.89 bits per heavy atom. The second kappa shape index (κ2) is 4.96. The molecular weight excluding hydrogens is 254 g/mol. The van der Waals surface area contributed by atoms with Crippen LogP contribution in [0.4, 0.5) is 11.6 Å². The quantitative estimate of drug-likeness (QED) is 0.845. The Morgan fingerprint density at radius 3 is 2.44 bits per heavy atom. The van der Waals surface area contributed by atoms with Crippen LogP contribution < -0.4 is 10.0 Å². The van der Waals surface area contributed by atoms with E-state index < -0.39 is 10.0 Å². The summed E-state index contributed by atoms with van der Waals surface area (Å²) in [6.07, 6.45) is 5.46.